The topological polar surface area (TPSA) is 109 Å². The number of aliphatic hydroxyl groups excluding tert-OH is 1. The molecule has 1 aromatic rings. The van der Waals surface area contributed by atoms with E-state index in [0.717, 1.165) is 11.4 Å². The van der Waals surface area contributed by atoms with Crippen molar-refractivity contribution in [2.45, 2.75) is 58.0 Å². The molecule has 0 aromatic carbocycles. The molecular formula is C19H28N2O5. The second-order valence-electron chi connectivity index (χ2n) is 7.65. The molecule has 2 atom stereocenters. The van der Waals surface area contributed by atoms with Crippen molar-refractivity contribution < 1.29 is 24.5 Å². The van der Waals surface area contributed by atoms with Crippen molar-refractivity contribution in [3.05, 3.63) is 23.5 Å². The lowest BCUT2D eigenvalue weighted by Gasteiger charge is -2.28. The molecule has 7 nitrogen and oxygen atoms in total. The number of esters is 1. The molecule has 0 fully saturated rings. The highest BCUT2D eigenvalue weighted by molar-refractivity contribution is 5.81. The number of aryl methyl sites for hydroxylation is 1. The molecule has 2 unspecified atom stereocenters. The van der Waals surface area contributed by atoms with Gasteiger partial charge in [-0.25, -0.2) is 0 Å². The maximum atomic E-state index is 12.5. The average molecular weight is 364 g/mol. The lowest BCUT2D eigenvalue weighted by atomic mass is 9.94. The van der Waals surface area contributed by atoms with Crippen LogP contribution < -0.4 is 5.32 Å². The number of hydrogen-bond donors (Lipinski definition) is 3. The number of aromatic nitrogens is 1. The minimum absolute atomic E-state index is 0.267. The van der Waals surface area contributed by atoms with Crippen LogP contribution in [0.15, 0.2) is 12.1 Å². The Labute approximate surface area is 153 Å². The Kier molecular flexibility index (Phi) is 6.58. The van der Waals surface area contributed by atoms with Gasteiger partial charge in [0, 0.05) is 12.2 Å². The van der Waals surface area contributed by atoms with Gasteiger partial charge < -0.3 is 20.3 Å². The number of pyridine rings is 1. The zero-order chi connectivity index (χ0) is 19.3. The van der Waals surface area contributed by atoms with Gasteiger partial charge in [-0.1, -0.05) is 0 Å². The lowest BCUT2D eigenvalue weighted by Crippen LogP contribution is -2.31. The summed E-state index contributed by atoms with van der Waals surface area (Å²) in [5.41, 5.74) is 1.80. The summed E-state index contributed by atoms with van der Waals surface area (Å²) < 4.78 is 5.53. The fourth-order valence-electron chi connectivity index (χ4n) is 2.98. The zero-order valence-electron chi connectivity index (χ0n) is 15.6. The normalized spacial score (nSPS) is 17.8. The molecule has 1 aliphatic rings. The van der Waals surface area contributed by atoms with Crippen LogP contribution in [0.2, 0.25) is 0 Å². The smallest absolute Gasteiger partial charge is 0.315 e. The third-order valence-electron chi connectivity index (χ3n) is 4.31. The Morgan fingerprint density at radius 1 is 1.38 bits per heavy atom. The third-order valence-corrected chi connectivity index (χ3v) is 4.31. The van der Waals surface area contributed by atoms with Crippen LogP contribution in [0, 0.1) is 5.92 Å². The van der Waals surface area contributed by atoms with Gasteiger partial charge in [0.15, 0.2) is 0 Å². The molecule has 0 bridgehead atoms. The van der Waals surface area contributed by atoms with E-state index < -0.39 is 23.4 Å². The second kappa shape index (κ2) is 8.49. The van der Waals surface area contributed by atoms with E-state index in [4.69, 9.17) is 14.9 Å². The molecule has 0 spiro atoms. The summed E-state index contributed by atoms with van der Waals surface area (Å²) in [5, 5.41) is 21.3. The van der Waals surface area contributed by atoms with Gasteiger partial charge >= 0.3 is 11.9 Å². The molecule has 144 valence electrons. The third kappa shape index (κ3) is 5.42. The Morgan fingerprint density at radius 3 is 2.73 bits per heavy atom. The van der Waals surface area contributed by atoms with Crippen molar-refractivity contribution >= 4 is 17.6 Å². The summed E-state index contributed by atoms with van der Waals surface area (Å²) in [6.07, 6.45) is 2.22. The molecule has 1 aliphatic heterocycles. The van der Waals surface area contributed by atoms with E-state index >= 15 is 0 Å². The quantitative estimate of drug-likeness (QED) is 0.637. The first-order valence-electron chi connectivity index (χ1n) is 9.01. The van der Waals surface area contributed by atoms with Gasteiger partial charge in [0.25, 0.3) is 0 Å². The number of anilines is 1. The van der Waals surface area contributed by atoms with Gasteiger partial charge in [-0.2, -0.15) is 0 Å². The monoisotopic (exact) mass is 364 g/mol. The number of hydrogen-bond acceptors (Lipinski definition) is 6. The Hall–Kier alpha value is -2.15. The Balaban J connectivity index is 2.08. The van der Waals surface area contributed by atoms with Gasteiger partial charge in [0.05, 0.1) is 23.9 Å². The van der Waals surface area contributed by atoms with Crippen LogP contribution >= 0.6 is 0 Å². The largest absolute Gasteiger partial charge is 0.481 e. The maximum absolute atomic E-state index is 12.5. The van der Waals surface area contributed by atoms with E-state index in [1.54, 1.807) is 0 Å². The molecule has 0 amide bonds. The van der Waals surface area contributed by atoms with Crippen molar-refractivity contribution in [1.29, 1.82) is 0 Å². The highest BCUT2D eigenvalue weighted by Gasteiger charge is 2.32. The predicted octanol–water partition coefficient (Wildman–Crippen LogP) is 2.34. The van der Waals surface area contributed by atoms with Crippen LogP contribution in [0.3, 0.4) is 0 Å². The molecule has 0 aliphatic carbocycles. The van der Waals surface area contributed by atoms with Gasteiger partial charge in [0.2, 0.25) is 0 Å². The molecule has 26 heavy (non-hydrogen) atoms. The first kappa shape index (κ1) is 20.2. The van der Waals surface area contributed by atoms with Gasteiger partial charge in [0.1, 0.15) is 11.5 Å². The zero-order valence-corrected chi connectivity index (χ0v) is 15.6. The molecule has 0 saturated heterocycles. The number of carbonyl (C=O) groups is 2. The first-order valence-corrected chi connectivity index (χ1v) is 9.01. The van der Waals surface area contributed by atoms with E-state index in [1.165, 1.54) is 0 Å². The summed E-state index contributed by atoms with van der Waals surface area (Å²) in [5.74, 6) is -2.39. The van der Waals surface area contributed by atoms with Gasteiger partial charge in [-0.05, 0) is 58.6 Å². The number of rotatable bonds is 7. The Morgan fingerprint density at radius 2 is 2.12 bits per heavy atom. The highest BCUT2D eigenvalue weighted by Crippen LogP contribution is 2.32. The van der Waals surface area contributed by atoms with E-state index in [9.17, 15) is 9.59 Å². The van der Waals surface area contributed by atoms with Crippen molar-refractivity contribution in [2.24, 2.45) is 5.92 Å². The number of aliphatic carboxylic acids is 1. The van der Waals surface area contributed by atoms with Crippen LogP contribution in [-0.2, 0) is 20.7 Å². The highest BCUT2D eigenvalue weighted by atomic mass is 16.6. The van der Waals surface area contributed by atoms with Crippen LogP contribution in [0.25, 0.3) is 0 Å². The summed E-state index contributed by atoms with van der Waals surface area (Å²) in [4.78, 5) is 28.1. The van der Waals surface area contributed by atoms with E-state index in [0.29, 0.717) is 37.9 Å². The molecule has 0 radical (unpaired) electrons. The molecule has 0 saturated carbocycles. The van der Waals surface area contributed by atoms with E-state index in [-0.39, 0.29) is 12.6 Å². The summed E-state index contributed by atoms with van der Waals surface area (Å²) >= 11 is 0. The molecule has 1 aromatic heterocycles. The molecule has 2 rings (SSSR count). The van der Waals surface area contributed by atoms with E-state index in [1.807, 2.05) is 32.9 Å². The lowest BCUT2D eigenvalue weighted by molar-refractivity contribution is -0.157. The van der Waals surface area contributed by atoms with Crippen LogP contribution in [-0.4, -0.2) is 45.9 Å². The number of ether oxygens (including phenoxy) is 1. The number of nitrogens with zero attached hydrogens (tertiary/aromatic N) is 1. The maximum Gasteiger partial charge on any atom is 0.315 e. The fourth-order valence-corrected chi connectivity index (χ4v) is 2.98. The second-order valence-corrected chi connectivity index (χ2v) is 7.65. The van der Waals surface area contributed by atoms with Crippen molar-refractivity contribution in [1.82, 2.24) is 4.98 Å². The van der Waals surface area contributed by atoms with Crippen LogP contribution in [0.5, 0.6) is 0 Å². The fraction of sp³-hybridized carbons (Fsp3) is 0.632. The van der Waals surface area contributed by atoms with Crippen molar-refractivity contribution in [2.75, 3.05) is 18.5 Å². The summed E-state index contributed by atoms with van der Waals surface area (Å²) in [6.45, 7) is 5.86. The molecule has 7 heteroatoms. The van der Waals surface area contributed by atoms with Crippen molar-refractivity contribution in [3.8, 4) is 0 Å². The number of nitrogens with one attached hydrogen (secondary N) is 1. The van der Waals surface area contributed by atoms with Crippen LogP contribution in [0.4, 0.5) is 5.69 Å². The SMILES string of the molecule is CC(C)(C)OC(=O)C1CCNc2ccc(CCCC(CO)C(=O)O)nc21. The summed E-state index contributed by atoms with van der Waals surface area (Å²) in [6, 6.07) is 3.80. The number of carbonyl (C=O) groups excluding carboxylic acids is 1. The average Bonchev–Trinajstić information content (AvgIpc) is 2.56. The minimum Gasteiger partial charge on any atom is -0.481 e. The van der Waals surface area contributed by atoms with Crippen molar-refractivity contribution in [3.63, 3.8) is 0 Å². The molecule has 2 heterocycles. The van der Waals surface area contributed by atoms with Gasteiger partial charge in [-0.3, -0.25) is 14.6 Å². The van der Waals surface area contributed by atoms with E-state index in [2.05, 4.69) is 10.3 Å². The number of aliphatic hydroxyl groups is 1. The number of fused-ring (bicyclic) bond motifs is 1. The summed E-state index contributed by atoms with van der Waals surface area (Å²) in [7, 11) is 0. The number of carboxylic acids is 1. The first-order chi connectivity index (χ1) is 12.2. The number of carboxylic acid groups (broad SMARTS) is 1. The molecule has 3 N–H and O–H groups in total. The predicted molar refractivity (Wildman–Crippen MR) is 97.1 cm³/mol. The van der Waals surface area contributed by atoms with Gasteiger partial charge in [-0.15, -0.1) is 0 Å². The van der Waals surface area contributed by atoms with Crippen LogP contribution in [0.1, 0.15) is 57.3 Å². The minimum atomic E-state index is -0.986. The Bertz CT molecular complexity index is 654. The standard InChI is InChI=1S/C19H28N2O5/c1-19(2,3)26-18(25)14-9-10-20-15-8-7-13(21-16(14)15)6-4-5-12(11-22)17(23)24/h7-8,12,14,20,22H,4-6,9-11H2,1-3H3,(H,23,24). The molecular weight excluding hydrogens is 336 g/mol.